The molecule has 0 bridgehead atoms. The monoisotopic (exact) mass is 365 g/mol. The summed E-state index contributed by atoms with van der Waals surface area (Å²) in [6.07, 6.45) is 1.82. The molecule has 2 heterocycles. The highest BCUT2D eigenvalue weighted by Crippen LogP contribution is 2.28. The molecular formula is C15H16FN5OS2. The van der Waals surface area contributed by atoms with Crippen LogP contribution in [0.5, 0.6) is 0 Å². The van der Waals surface area contributed by atoms with Gasteiger partial charge in [-0.2, -0.15) is 4.98 Å². The molecular weight excluding hydrogens is 349 g/mol. The number of hydrogen-bond acceptors (Lipinski definition) is 8. The first-order valence-electron chi connectivity index (χ1n) is 7.49. The minimum Gasteiger partial charge on any atom is -0.356 e. The number of thioether (sulfide) groups is 1. The zero-order valence-electron chi connectivity index (χ0n) is 13.0. The maximum atomic E-state index is 12.9. The minimum absolute atomic E-state index is 0.239. The molecule has 0 saturated carbocycles. The first-order chi connectivity index (χ1) is 11.7. The molecule has 0 radical (unpaired) electrons. The van der Waals surface area contributed by atoms with Crippen LogP contribution in [-0.2, 0) is 18.7 Å². The molecule has 0 fully saturated rings. The Morgan fingerprint density at radius 1 is 1.25 bits per heavy atom. The van der Waals surface area contributed by atoms with Crippen LogP contribution in [0, 0.1) is 5.82 Å². The van der Waals surface area contributed by atoms with Crippen molar-refractivity contribution in [2.24, 2.45) is 0 Å². The zero-order valence-corrected chi connectivity index (χ0v) is 14.7. The molecule has 0 aliphatic carbocycles. The van der Waals surface area contributed by atoms with Crippen LogP contribution in [0.15, 0.2) is 33.1 Å². The van der Waals surface area contributed by atoms with Crippen LogP contribution in [0.1, 0.15) is 30.6 Å². The summed E-state index contributed by atoms with van der Waals surface area (Å²) in [7, 11) is 0. The van der Waals surface area contributed by atoms with E-state index >= 15 is 0 Å². The lowest BCUT2D eigenvalue weighted by molar-refractivity contribution is 0.384. The highest BCUT2D eigenvalue weighted by molar-refractivity contribution is 8.00. The van der Waals surface area contributed by atoms with E-state index in [2.05, 4.69) is 32.6 Å². The molecule has 0 atom stereocenters. The van der Waals surface area contributed by atoms with Gasteiger partial charge in [0.25, 0.3) is 0 Å². The fourth-order valence-corrected chi connectivity index (χ4v) is 3.50. The van der Waals surface area contributed by atoms with E-state index in [1.807, 2.05) is 0 Å². The molecule has 9 heteroatoms. The SMILES string of the molecule is CCCc1noc(CSc2nnc(NCc3ccc(F)cc3)s2)n1. The maximum Gasteiger partial charge on any atom is 0.237 e. The normalized spacial score (nSPS) is 10.9. The second-order valence-corrected chi connectivity index (χ2v) is 7.20. The van der Waals surface area contributed by atoms with Crippen LogP contribution in [0.4, 0.5) is 9.52 Å². The predicted molar refractivity (Wildman–Crippen MR) is 91.5 cm³/mol. The number of benzene rings is 1. The van der Waals surface area contributed by atoms with Gasteiger partial charge in [-0.15, -0.1) is 10.2 Å². The number of aryl methyl sites for hydroxylation is 1. The third kappa shape index (κ3) is 4.75. The standard InChI is InChI=1S/C15H16FN5OS2/c1-2-3-12-18-13(22-21-12)9-23-15-20-19-14(24-15)17-8-10-4-6-11(16)7-5-10/h4-7H,2-3,8-9H2,1H3,(H,17,19). The van der Waals surface area contributed by atoms with Gasteiger partial charge in [0.05, 0.1) is 5.75 Å². The van der Waals surface area contributed by atoms with Crippen LogP contribution < -0.4 is 5.32 Å². The number of hydrogen-bond donors (Lipinski definition) is 1. The van der Waals surface area contributed by atoms with Crippen molar-refractivity contribution >= 4 is 28.2 Å². The Morgan fingerprint density at radius 3 is 2.88 bits per heavy atom. The van der Waals surface area contributed by atoms with Crippen molar-refractivity contribution < 1.29 is 8.91 Å². The summed E-state index contributed by atoms with van der Waals surface area (Å²) in [6.45, 7) is 2.65. The molecule has 3 aromatic rings. The van der Waals surface area contributed by atoms with Gasteiger partial charge in [-0.3, -0.25) is 0 Å². The van der Waals surface area contributed by atoms with Gasteiger partial charge in [0, 0.05) is 13.0 Å². The Bertz CT molecular complexity index is 774. The molecule has 0 saturated heterocycles. The average molecular weight is 365 g/mol. The Hall–Kier alpha value is -2.00. The van der Waals surface area contributed by atoms with E-state index in [4.69, 9.17) is 4.52 Å². The van der Waals surface area contributed by atoms with Crippen LogP contribution in [0.2, 0.25) is 0 Å². The van der Waals surface area contributed by atoms with Gasteiger partial charge in [-0.25, -0.2) is 4.39 Å². The number of halogens is 1. The summed E-state index contributed by atoms with van der Waals surface area (Å²) in [6, 6.07) is 6.36. The molecule has 1 aromatic carbocycles. The van der Waals surface area contributed by atoms with Crippen LogP contribution in [0.25, 0.3) is 0 Å². The fourth-order valence-electron chi connectivity index (χ4n) is 1.92. The molecule has 0 aliphatic rings. The molecule has 1 N–H and O–H groups in total. The van der Waals surface area contributed by atoms with Crippen molar-refractivity contribution in [2.45, 2.75) is 36.4 Å². The Balaban J connectivity index is 1.48. The zero-order chi connectivity index (χ0) is 16.8. The molecule has 3 rings (SSSR count). The van der Waals surface area contributed by atoms with E-state index < -0.39 is 0 Å². The summed E-state index contributed by atoms with van der Waals surface area (Å²) in [5.41, 5.74) is 0.982. The summed E-state index contributed by atoms with van der Waals surface area (Å²) in [4.78, 5) is 4.32. The number of nitrogens with zero attached hydrogens (tertiary/aromatic N) is 4. The molecule has 24 heavy (non-hydrogen) atoms. The summed E-state index contributed by atoms with van der Waals surface area (Å²) < 4.78 is 18.9. The van der Waals surface area contributed by atoms with E-state index in [1.165, 1.54) is 35.2 Å². The number of rotatable bonds is 8. The molecule has 0 amide bonds. The Labute approximate surface area is 146 Å². The average Bonchev–Trinajstić information content (AvgIpc) is 3.22. The van der Waals surface area contributed by atoms with E-state index in [-0.39, 0.29) is 5.82 Å². The lowest BCUT2D eigenvalue weighted by Crippen LogP contribution is -1.98. The van der Waals surface area contributed by atoms with E-state index in [0.29, 0.717) is 18.2 Å². The van der Waals surface area contributed by atoms with Gasteiger partial charge in [-0.1, -0.05) is 47.3 Å². The molecule has 0 unspecified atom stereocenters. The third-order valence-corrected chi connectivity index (χ3v) is 5.07. The quantitative estimate of drug-likeness (QED) is 0.606. The van der Waals surface area contributed by atoms with Crippen LogP contribution >= 0.6 is 23.1 Å². The first-order valence-corrected chi connectivity index (χ1v) is 9.29. The maximum absolute atomic E-state index is 12.9. The minimum atomic E-state index is -0.239. The summed E-state index contributed by atoms with van der Waals surface area (Å²) >= 11 is 2.97. The van der Waals surface area contributed by atoms with Crippen molar-refractivity contribution in [2.75, 3.05) is 5.32 Å². The second kappa shape index (κ2) is 8.20. The molecule has 126 valence electrons. The number of anilines is 1. The topological polar surface area (TPSA) is 76.7 Å². The highest BCUT2D eigenvalue weighted by atomic mass is 32.2. The smallest absolute Gasteiger partial charge is 0.237 e. The molecule has 0 aliphatic heterocycles. The van der Waals surface area contributed by atoms with Crippen molar-refractivity contribution in [1.82, 2.24) is 20.3 Å². The number of aromatic nitrogens is 4. The van der Waals surface area contributed by atoms with E-state index in [9.17, 15) is 4.39 Å². The fraction of sp³-hybridized carbons (Fsp3) is 0.333. The van der Waals surface area contributed by atoms with Crippen molar-refractivity contribution in [1.29, 1.82) is 0 Å². The first kappa shape index (κ1) is 16.8. The van der Waals surface area contributed by atoms with Gasteiger partial charge in [0.1, 0.15) is 5.82 Å². The largest absolute Gasteiger partial charge is 0.356 e. The van der Waals surface area contributed by atoms with Crippen molar-refractivity contribution in [3.05, 3.63) is 47.4 Å². The summed E-state index contributed by atoms with van der Waals surface area (Å²) in [5, 5.41) is 16.0. The molecule has 6 nitrogen and oxygen atoms in total. The van der Waals surface area contributed by atoms with Gasteiger partial charge in [-0.05, 0) is 24.1 Å². The molecule has 2 aromatic heterocycles. The summed E-state index contributed by atoms with van der Waals surface area (Å²) in [5.74, 6) is 1.67. The van der Waals surface area contributed by atoms with Gasteiger partial charge >= 0.3 is 0 Å². The van der Waals surface area contributed by atoms with Gasteiger partial charge in [0.15, 0.2) is 10.2 Å². The van der Waals surface area contributed by atoms with Crippen LogP contribution in [0.3, 0.4) is 0 Å². The van der Waals surface area contributed by atoms with Gasteiger partial charge in [0.2, 0.25) is 11.0 Å². The molecule has 0 spiro atoms. The number of nitrogens with one attached hydrogen (secondary N) is 1. The lowest BCUT2D eigenvalue weighted by Gasteiger charge is -2.01. The Morgan fingerprint density at radius 2 is 2.08 bits per heavy atom. The van der Waals surface area contributed by atoms with Crippen molar-refractivity contribution in [3.63, 3.8) is 0 Å². The lowest BCUT2D eigenvalue weighted by atomic mass is 10.2. The predicted octanol–water partition coefficient (Wildman–Crippen LogP) is 3.92. The third-order valence-electron chi connectivity index (χ3n) is 3.07. The van der Waals surface area contributed by atoms with E-state index in [0.717, 1.165) is 33.7 Å². The second-order valence-electron chi connectivity index (χ2n) is 5.00. The highest BCUT2D eigenvalue weighted by Gasteiger charge is 2.09. The van der Waals surface area contributed by atoms with Gasteiger partial charge < -0.3 is 9.84 Å². The Kier molecular flexibility index (Phi) is 5.76. The van der Waals surface area contributed by atoms with E-state index in [1.54, 1.807) is 12.1 Å². The van der Waals surface area contributed by atoms with Crippen LogP contribution in [-0.4, -0.2) is 20.3 Å². The van der Waals surface area contributed by atoms with Crippen molar-refractivity contribution in [3.8, 4) is 0 Å².